The van der Waals surface area contributed by atoms with Crippen molar-refractivity contribution in [2.75, 3.05) is 7.11 Å². The number of benzene rings is 1. The van der Waals surface area contributed by atoms with Gasteiger partial charge in [0.15, 0.2) is 5.25 Å². The van der Waals surface area contributed by atoms with Gasteiger partial charge in [0.25, 0.3) is 0 Å². The molecule has 0 radical (unpaired) electrons. The lowest BCUT2D eigenvalue weighted by molar-refractivity contribution is 0.415. The second-order valence-electron chi connectivity index (χ2n) is 5.64. The minimum atomic E-state index is -1.22. The monoisotopic (exact) mass is 327 g/mol. The molecule has 6 heteroatoms. The van der Waals surface area contributed by atoms with Gasteiger partial charge in [0.2, 0.25) is 0 Å². The Morgan fingerprint density at radius 2 is 2.26 bits per heavy atom. The third-order valence-corrected chi connectivity index (χ3v) is 5.85. The number of aromatic amines is 1. The van der Waals surface area contributed by atoms with Crippen LogP contribution in [0.25, 0.3) is 11.0 Å². The molecular weight excluding hydrogens is 310 g/mol. The fraction of sp³-hybridized carbons (Fsp3) is 0.294. The number of ether oxygens (including phenoxy) is 1. The first-order valence-corrected chi connectivity index (χ1v) is 8.85. The highest BCUT2D eigenvalue weighted by Gasteiger charge is 2.34. The van der Waals surface area contributed by atoms with Crippen LogP contribution in [-0.2, 0) is 17.6 Å². The van der Waals surface area contributed by atoms with Crippen molar-refractivity contribution in [1.29, 1.82) is 0 Å². The summed E-state index contributed by atoms with van der Waals surface area (Å²) in [5.74, 6) is 0.744. The Hall–Kier alpha value is -2.05. The molecule has 0 saturated carbocycles. The maximum Gasteiger partial charge on any atom is 0.322 e. The van der Waals surface area contributed by atoms with Gasteiger partial charge in [0, 0.05) is 41.1 Å². The van der Waals surface area contributed by atoms with Crippen molar-refractivity contribution in [3.05, 3.63) is 47.8 Å². The maximum absolute atomic E-state index is 13.0. The van der Waals surface area contributed by atoms with Gasteiger partial charge in [-0.25, -0.2) is 0 Å². The molecule has 1 aliphatic carbocycles. The second kappa shape index (κ2) is 5.86. The predicted molar refractivity (Wildman–Crippen MR) is 89.0 cm³/mol. The van der Waals surface area contributed by atoms with E-state index in [0.29, 0.717) is 5.16 Å². The highest BCUT2D eigenvalue weighted by molar-refractivity contribution is 7.91. The number of pyridine rings is 1. The lowest BCUT2D eigenvalue weighted by Crippen LogP contribution is -2.20. The number of rotatable bonds is 3. The van der Waals surface area contributed by atoms with E-state index in [1.807, 2.05) is 30.3 Å². The van der Waals surface area contributed by atoms with Gasteiger partial charge in [-0.2, -0.15) is 4.98 Å². The van der Waals surface area contributed by atoms with Crippen molar-refractivity contribution in [2.24, 2.45) is 0 Å². The number of nitrogens with one attached hydrogen (secondary N) is 1. The summed E-state index contributed by atoms with van der Waals surface area (Å²) in [7, 11) is 1.62. The number of aromatic nitrogens is 3. The fourth-order valence-electron chi connectivity index (χ4n) is 3.10. The van der Waals surface area contributed by atoms with Gasteiger partial charge in [-0.1, -0.05) is 6.07 Å². The summed E-state index contributed by atoms with van der Waals surface area (Å²) in [5, 5.41) is 0.477. The van der Waals surface area contributed by atoms with E-state index in [1.54, 1.807) is 13.3 Å². The van der Waals surface area contributed by atoms with E-state index in [9.17, 15) is 4.55 Å². The maximum atomic E-state index is 13.0. The van der Waals surface area contributed by atoms with Crippen molar-refractivity contribution in [2.45, 2.75) is 29.7 Å². The van der Waals surface area contributed by atoms with Crippen molar-refractivity contribution in [1.82, 2.24) is 15.0 Å². The molecule has 1 aromatic carbocycles. The number of methoxy groups -OCH3 is 1. The van der Waals surface area contributed by atoms with E-state index in [0.717, 1.165) is 47.3 Å². The van der Waals surface area contributed by atoms with Crippen LogP contribution in [0.1, 0.15) is 29.3 Å². The van der Waals surface area contributed by atoms with E-state index >= 15 is 0 Å². The molecule has 1 aliphatic rings. The molecular formula is C17H17N3O2S. The molecule has 3 aromatic rings. The van der Waals surface area contributed by atoms with Crippen LogP contribution in [0, 0.1) is 0 Å². The number of nitrogens with zero attached hydrogens (tertiary/aromatic N) is 2. The van der Waals surface area contributed by atoms with E-state index in [2.05, 4.69) is 15.0 Å². The molecule has 4 rings (SSSR count). The van der Waals surface area contributed by atoms with E-state index in [-0.39, 0.29) is 5.25 Å². The Morgan fingerprint density at radius 3 is 3.13 bits per heavy atom. The smallest absolute Gasteiger partial charge is 0.322 e. The van der Waals surface area contributed by atoms with Gasteiger partial charge in [-0.05, 0) is 31.0 Å². The van der Waals surface area contributed by atoms with Gasteiger partial charge in [0.1, 0.15) is 5.75 Å². The minimum Gasteiger partial charge on any atom is -0.609 e. The van der Waals surface area contributed by atoms with Crippen molar-refractivity contribution < 1.29 is 9.29 Å². The van der Waals surface area contributed by atoms with Crippen LogP contribution < -0.4 is 4.74 Å². The first kappa shape index (κ1) is 14.5. The standard InChI is InChI=1S/C17H17N3O2S/c1-22-11-7-8-14-15(10-11)20-17(19-14)23(21)16-6-2-5-13-12(16)4-3-9-18-13/h3-4,7-10,16H,2,5-6H2,1H3,(H,19,20). The first-order chi connectivity index (χ1) is 11.3. The lowest BCUT2D eigenvalue weighted by Gasteiger charge is -2.25. The van der Waals surface area contributed by atoms with Crippen LogP contribution in [0.4, 0.5) is 0 Å². The molecule has 0 amide bonds. The molecule has 2 atom stereocenters. The predicted octanol–water partition coefficient (Wildman–Crippen LogP) is 3.15. The molecule has 118 valence electrons. The fourth-order valence-corrected chi connectivity index (χ4v) is 4.60. The molecule has 23 heavy (non-hydrogen) atoms. The van der Waals surface area contributed by atoms with E-state index in [4.69, 9.17) is 4.74 Å². The summed E-state index contributed by atoms with van der Waals surface area (Å²) in [4.78, 5) is 12.1. The highest BCUT2D eigenvalue weighted by atomic mass is 32.2. The Balaban J connectivity index is 1.71. The number of imidazole rings is 1. The molecule has 0 saturated heterocycles. The Kier molecular flexibility index (Phi) is 3.71. The van der Waals surface area contributed by atoms with Crippen LogP contribution in [-0.4, -0.2) is 26.6 Å². The summed E-state index contributed by atoms with van der Waals surface area (Å²) in [6.45, 7) is 0. The van der Waals surface area contributed by atoms with Crippen LogP contribution in [0.2, 0.25) is 0 Å². The molecule has 2 unspecified atom stereocenters. The summed E-state index contributed by atoms with van der Waals surface area (Å²) in [6, 6.07) is 9.57. The molecule has 2 aromatic heterocycles. The molecule has 1 N–H and O–H groups in total. The SMILES string of the molecule is COc1ccc2[nH]c([S+]([O-])C3CCCc4ncccc43)nc2c1. The van der Waals surface area contributed by atoms with Crippen LogP contribution in [0.3, 0.4) is 0 Å². The zero-order valence-corrected chi connectivity index (χ0v) is 13.6. The molecule has 2 heterocycles. The molecule has 5 nitrogen and oxygen atoms in total. The minimum absolute atomic E-state index is 0.0464. The van der Waals surface area contributed by atoms with Gasteiger partial charge in [0.05, 0.1) is 18.1 Å². The molecule has 0 bridgehead atoms. The molecule has 0 fully saturated rings. The van der Waals surface area contributed by atoms with E-state index in [1.165, 1.54) is 0 Å². The topological polar surface area (TPSA) is 73.9 Å². The van der Waals surface area contributed by atoms with Gasteiger partial charge in [-0.3, -0.25) is 9.97 Å². The zero-order valence-electron chi connectivity index (χ0n) is 12.8. The number of H-pyrrole nitrogens is 1. The summed E-state index contributed by atoms with van der Waals surface area (Å²) in [5.41, 5.74) is 3.80. The third kappa shape index (κ3) is 2.58. The van der Waals surface area contributed by atoms with Crippen LogP contribution in [0.15, 0.2) is 41.7 Å². The Labute approximate surface area is 137 Å². The first-order valence-electron chi connectivity index (χ1n) is 7.64. The van der Waals surface area contributed by atoms with Gasteiger partial charge >= 0.3 is 5.16 Å². The summed E-state index contributed by atoms with van der Waals surface area (Å²) in [6.07, 6.45) is 4.67. The number of fused-ring (bicyclic) bond motifs is 2. The van der Waals surface area contributed by atoms with Crippen molar-refractivity contribution >= 4 is 22.2 Å². The largest absolute Gasteiger partial charge is 0.609 e. The average Bonchev–Trinajstić information content (AvgIpc) is 3.03. The zero-order chi connectivity index (χ0) is 15.8. The summed E-state index contributed by atoms with van der Waals surface area (Å²) < 4.78 is 18.3. The van der Waals surface area contributed by atoms with Crippen molar-refractivity contribution in [3.63, 3.8) is 0 Å². The van der Waals surface area contributed by atoms with Gasteiger partial charge in [-0.15, -0.1) is 0 Å². The van der Waals surface area contributed by atoms with Crippen molar-refractivity contribution in [3.8, 4) is 5.75 Å². The van der Waals surface area contributed by atoms with E-state index < -0.39 is 11.2 Å². The summed E-state index contributed by atoms with van der Waals surface area (Å²) >= 11 is -1.22. The van der Waals surface area contributed by atoms with Gasteiger partial charge < -0.3 is 9.29 Å². The third-order valence-electron chi connectivity index (χ3n) is 4.27. The number of hydrogen-bond donors (Lipinski definition) is 1. The number of aryl methyl sites for hydroxylation is 1. The van der Waals surface area contributed by atoms with Crippen LogP contribution in [0.5, 0.6) is 5.75 Å². The second-order valence-corrected chi connectivity index (χ2v) is 7.19. The Bertz CT molecular complexity index is 849. The normalized spacial score (nSPS) is 18.6. The number of hydrogen-bond acceptors (Lipinski definition) is 4. The van der Waals surface area contributed by atoms with Crippen LogP contribution >= 0.6 is 0 Å². The Morgan fingerprint density at radius 1 is 1.35 bits per heavy atom. The highest BCUT2D eigenvalue weighted by Crippen LogP contribution is 2.37. The lowest BCUT2D eigenvalue weighted by atomic mass is 9.96. The molecule has 0 aliphatic heterocycles. The quantitative estimate of drug-likeness (QED) is 0.750. The molecule has 0 spiro atoms. The average molecular weight is 327 g/mol.